The van der Waals surface area contributed by atoms with Gasteiger partial charge in [-0.05, 0) is 31.4 Å². The molecule has 2 amide bonds. The number of carboxylic acids is 1. The molecule has 2 N–H and O–H groups in total. The Kier molecular flexibility index (Phi) is 3.92. The molecule has 2 atom stereocenters. The number of anilines is 1. The molecule has 1 fully saturated rings. The monoisotopic (exact) mass is 280 g/mol. The van der Waals surface area contributed by atoms with E-state index < -0.39 is 23.9 Å². The van der Waals surface area contributed by atoms with E-state index in [4.69, 9.17) is 0 Å². The van der Waals surface area contributed by atoms with E-state index in [1.165, 1.54) is 17.0 Å². The molecule has 1 aliphatic heterocycles. The van der Waals surface area contributed by atoms with E-state index >= 15 is 0 Å². The Morgan fingerprint density at radius 1 is 1.45 bits per heavy atom. The number of nitrogens with one attached hydrogen (secondary N) is 1. The molecule has 1 saturated heterocycles. The fraction of sp³-hybridized carbons (Fsp3) is 0.429. The number of aliphatic carboxylic acids is 1. The van der Waals surface area contributed by atoms with Crippen LogP contribution in [0.15, 0.2) is 18.2 Å². The summed E-state index contributed by atoms with van der Waals surface area (Å²) in [7, 11) is 0. The van der Waals surface area contributed by atoms with E-state index in [1.54, 1.807) is 19.9 Å². The van der Waals surface area contributed by atoms with Crippen LogP contribution in [0.2, 0.25) is 0 Å². The molecule has 0 spiro atoms. The first-order valence-corrected chi connectivity index (χ1v) is 6.47. The van der Waals surface area contributed by atoms with E-state index in [0.29, 0.717) is 24.2 Å². The Morgan fingerprint density at radius 2 is 2.15 bits per heavy atom. The van der Waals surface area contributed by atoms with Gasteiger partial charge in [-0.3, -0.25) is 0 Å². The van der Waals surface area contributed by atoms with Crippen LogP contribution in [0.1, 0.15) is 18.9 Å². The van der Waals surface area contributed by atoms with Crippen molar-refractivity contribution in [1.82, 2.24) is 4.90 Å². The third kappa shape index (κ3) is 2.59. The predicted molar refractivity (Wildman–Crippen MR) is 72.1 cm³/mol. The molecule has 2 unspecified atom stereocenters. The first kappa shape index (κ1) is 14.3. The first-order valence-electron chi connectivity index (χ1n) is 6.47. The minimum Gasteiger partial charge on any atom is -0.480 e. The van der Waals surface area contributed by atoms with Crippen molar-refractivity contribution in [3.63, 3.8) is 0 Å². The maximum Gasteiger partial charge on any atom is 0.326 e. The van der Waals surface area contributed by atoms with Gasteiger partial charge in [-0.1, -0.05) is 13.0 Å². The highest BCUT2D eigenvalue weighted by atomic mass is 19.1. The van der Waals surface area contributed by atoms with Gasteiger partial charge in [0.2, 0.25) is 0 Å². The van der Waals surface area contributed by atoms with Gasteiger partial charge in [0.15, 0.2) is 0 Å². The number of carbonyl (C=O) groups excluding carboxylic acids is 1. The SMILES string of the molecule is Cc1c(F)cccc1NC(=O)N1CCC(C)C1C(=O)O. The van der Waals surface area contributed by atoms with Gasteiger partial charge in [0.25, 0.3) is 0 Å². The molecule has 0 saturated carbocycles. The highest BCUT2D eigenvalue weighted by molar-refractivity contribution is 5.93. The molecule has 1 aliphatic rings. The van der Waals surface area contributed by atoms with E-state index in [0.717, 1.165) is 0 Å². The quantitative estimate of drug-likeness (QED) is 0.874. The van der Waals surface area contributed by atoms with E-state index in [-0.39, 0.29) is 5.92 Å². The molecule has 108 valence electrons. The average Bonchev–Trinajstić information content (AvgIpc) is 2.77. The number of hydrogen-bond acceptors (Lipinski definition) is 2. The molecule has 5 nitrogen and oxygen atoms in total. The number of carboxylic acid groups (broad SMARTS) is 1. The summed E-state index contributed by atoms with van der Waals surface area (Å²) in [5, 5.41) is 11.8. The summed E-state index contributed by atoms with van der Waals surface area (Å²) in [6.07, 6.45) is 0.645. The molecule has 0 aliphatic carbocycles. The van der Waals surface area contributed by atoms with Crippen molar-refractivity contribution < 1.29 is 19.1 Å². The second-order valence-corrected chi connectivity index (χ2v) is 5.08. The van der Waals surface area contributed by atoms with Gasteiger partial charge >= 0.3 is 12.0 Å². The summed E-state index contributed by atoms with van der Waals surface area (Å²) in [5.41, 5.74) is 0.693. The Labute approximate surface area is 116 Å². The van der Waals surface area contributed by atoms with Crippen LogP contribution >= 0.6 is 0 Å². The highest BCUT2D eigenvalue weighted by Gasteiger charge is 2.39. The van der Waals surface area contributed by atoms with E-state index in [9.17, 15) is 19.1 Å². The Morgan fingerprint density at radius 3 is 2.80 bits per heavy atom. The van der Waals surface area contributed by atoms with Crippen LogP contribution < -0.4 is 5.32 Å². The highest BCUT2D eigenvalue weighted by Crippen LogP contribution is 2.26. The third-order valence-corrected chi connectivity index (χ3v) is 3.72. The zero-order valence-electron chi connectivity index (χ0n) is 11.4. The van der Waals surface area contributed by atoms with Crippen LogP contribution in [0.25, 0.3) is 0 Å². The number of amides is 2. The first-order chi connectivity index (χ1) is 9.41. The van der Waals surface area contributed by atoms with Crippen LogP contribution in [-0.4, -0.2) is 34.6 Å². The summed E-state index contributed by atoms with van der Waals surface area (Å²) in [6, 6.07) is 3.06. The smallest absolute Gasteiger partial charge is 0.326 e. The van der Waals surface area contributed by atoms with Crippen molar-refractivity contribution >= 4 is 17.7 Å². The predicted octanol–water partition coefficient (Wildman–Crippen LogP) is 2.46. The minimum atomic E-state index is -1.01. The summed E-state index contributed by atoms with van der Waals surface area (Å²) in [4.78, 5) is 24.7. The van der Waals surface area contributed by atoms with Gasteiger partial charge in [-0.2, -0.15) is 0 Å². The topological polar surface area (TPSA) is 69.6 Å². The summed E-state index contributed by atoms with van der Waals surface area (Å²) < 4.78 is 13.4. The zero-order chi connectivity index (χ0) is 14.9. The number of hydrogen-bond donors (Lipinski definition) is 2. The van der Waals surface area contributed by atoms with Gasteiger partial charge in [0.1, 0.15) is 11.9 Å². The van der Waals surface area contributed by atoms with Crippen LogP contribution in [0.4, 0.5) is 14.9 Å². The summed E-state index contributed by atoms with van der Waals surface area (Å²) in [6.45, 7) is 3.75. The van der Waals surface area contributed by atoms with Crippen LogP contribution in [0.5, 0.6) is 0 Å². The largest absolute Gasteiger partial charge is 0.480 e. The standard InChI is InChI=1S/C14H17FN2O3/c1-8-6-7-17(12(8)13(18)19)14(20)16-11-5-3-4-10(15)9(11)2/h3-5,8,12H,6-7H2,1-2H3,(H,16,20)(H,18,19). The number of halogens is 1. The minimum absolute atomic E-state index is 0.0909. The van der Waals surface area contributed by atoms with E-state index in [1.807, 2.05) is 0 Å². The molecule has 0 aromatic heterocycles. The number of carbonyl (C=O) groups is 2. The number of rotatable bonds is 2. The maximum absolute atomic E-state index is 13.4. The Balaban J connectivity index is 2.16. The molecule has 0 bridgehead atoms. The molecular formula is C14H17FN2O3. The van der Waals surface area contributed by atoms with Crippen molar-refractivity contribution in [2.45, 2.75) is 26.3 Å². The number of urea groups is 1. The van der Waals surface area contributed by atoms with Gasteiger partial charge < -0.3 is 15.3 Å². The fourth-order valence-electron chi connectivity index (χ4n) is 2.48. The van der Waals surface area contributed by atoms with Crippen LogP contribution in [-0.2, 0) is 4.79 Å². The molecule has 1 heterocycles. The second-order valence-electron chi connectivity index (χ2n) is 5.08. The lowest BCUT2D eigenvalue weighted by atomic mass is 10.0. The summed E-state index contributed by atoms with van der Waals surface area (Å²) in [5.74, 6) is -1.51. The van der Waals surface area contributed by atoms with Crippen molar-refractivity contribution in [3.05, 3.63) is 29.6 Å². The fourth-order valence-corrected chi connectivity index (χ4v) is 2.48. The normalized spacial score (nSPS) is 21.9. The second kappa shape index (κ2) is 5.48. The van der Waals surface area contributed by atoms with Gasteiger partial charge in [0.05, 0.1) is 0 Å². The molecule has 2 rings (SSSR count). The molecule has 6 heteroatoms. The van der Waals surface area contributed by atoms with Crippen molar-refractivity contribution in [2.75, 3.05) is 11.9 Å². The third-order valence-electron chi connectivity index (χ3n) is 3.72. The number of nitrogens with zero attached hydrogens (tertiary/aromatic N) is 1. The van der Waals surface area contributed by atoms with Crippen molar-refractivity contribution in [1.29, 1.82) is 0 Å². The zero-order valence-corrected chi connectivity index (χ0v) is 11.4. The molecule has 0 radical (unpaired) electrons. The Bertz CT molecular complexity index is 547. The maximum atomic E-state index is 13.4. The number of benzene rings is 1. The van der Waals surface area contributed by atoms with Crippen molar-refractivity contribution in [3.8, 4) is 0 Å². The Hall–Kier alpha value is -2.11. The lowest BCUT2D eigenvalue weighted by Gasteiger charge is -2.24. The molecule has 1 aromatic carbocycles. The lowest BCUT2D eigenvalue weighted by Crippen LogP contribution is -2.44. The van der Waals surface area contributed by atoms with Gasteiger partial charge in [-0.25, -0.2) is 14.0 Å². The van der Waals surface area contributed by atoms with Gasteiger partial charge in [-0.15, -0.1) is 0 Å². The van der Waals surface area contributed by atoms with Gasteiger partial charge in [0, 0.05) is 17.8 Å². The lowest BCUT2D eigenvalue weighted by molar-refractivity contribution is -0.142. The molecule has 20 heavy (non-hydrogen) atoms. The average molecular weight is 280 g/mol. The van der Waals surface area contributed by atoms with Crippen LogP contribution in [0, 0.1) is 18.7 Å². The molecular weight excluding hydrogens is 263 g/mol. The molecule has 1 aromatic rings. The van der Waals surface area contributed by atoms with Crippen molar-refractivity contribution in [2.24, 2.45) is 5.92 Å². The summed E-state index contributed by atoms with van der Waals surface area (Å²) >= 11 is 0. The number of likely N-dealkylation sites (tertiary alicyclic amines) is 1. The van der Waals surface area contributed by atoms with Crippen LogP contribution in [0.3, 0.4) is 0 Å². The van der Waals surface area contributed by atoms with E-state index in [2.05, 4.69) is 5.32 Å².